The van der Waals surface area contributed by atoms with E-state index in [-0.39, 0.29) is 11.6 Å². The molecule has 28 heavy (non-hydrogen) atoms. The van der Waals surface area contributed by atoms with Crippen LogP contribution < -0.4 is 18.9 Å². The van der Waals surface area contributed by atoms with Crippen LogP contribution in [0, 0.1) is 0 Å². The molecule has 0 atom stereocenters. The zero-order valence-electron chi connectivity index (χ0n) is 15.0. The maximum absolute atomic E-state index is 12.8. The molecule has 5 nitrogen and oxygen atoms in total. The van der Waals surface area contributed by atoms with Crippen LogP contribution in [0.5, 0.6) is 34.8 Å². The molecule has 8 heteroatoms. The van der Waals surface area contributed by atoms with Crippen molar-refractivity contribution in [1.29, 1.82) is 0 Å². The van der Waals surface area contributed by atoms with Crippen LogP contribution in [-0.2, 0) is 6.18 Å². The second-order valence-electron chi connectivity index (χ2n) is 5.59. The molecular weight excluding hydrogens is 375 g/mol. The van der Waals surface area contributed by atoms with Crippen LogP contribution in [0.2, 0.25) is 0 Å². The molecule has 1 heterocycles. The van der Waals surface area contributed by atoms with Gasteiger partial charge in [0.15, 0.2) is 0 Å². The fourth-order valence-corrected chi connectivity index (χ4v) is 2.30. The Hall–Kier alpha value is -3.42. The van der Waals surface area contributed by atoms with Gasteiger partial charge < -0.3 is 18.9 Å². The van der Waals surface area contributed by atoms with E-state index in [4.69, 9.17) is 18.9 Å². The average molecular weight is 391 g/mol. The van der Waals surface area contributed by atoms with E-state index in [0.29, 0.717) is 23.1 Å². The summed E-state index contributed by atoms with van der Waals surface area (Å²) in [4.78, 5) is 4.16. The zero-order chi connectivity index (χ0) is 20.1. The fourth-order valence-electron chi connectivity index (χ4n) is 2.30. The van der Waals surface area contributed by atoms with Gasteiger partial charge in [0.05, 0.1) is 19.8 Å². The Labute approximate surface area is 159 Å². The lowest BCUT2D eigenvalue weighted by atomic mass is 10.2. The van der Waals surface area contributed by atoms with Crippen molar-refractivity contribution in [1.82, 2.24) is 4.98 Å². The lowest BCUT2D eigenvalue weighted by Gasteiger charge is -2.11. The van der Waals surface area contributed by atoms with Gasteiger partial charge in [-0.1, -0.05) is 6.07 Å². The topological polar surface area (TPSA) is 49.8 Å². The second kappa shape index (κ2) is 8.08. The van der Waals surface area contributed by atoms with E-state index in [0.717, 1.165) is 12.1 Å². The Morgan fingerprint density at radius 1 is 0.679 bits per heavy atom. The Bertz CT molecular complexity index is 921. The van der Waals surface area contributed by atoms with Crippen LogP contribution >= 0.6 is 0 Å². The van der Waals surface area contributed by atoms with Gasteiger partial charge in [0.25, 0.3) is 0 Å². The van der Waals surface area contributed by atoms with Gasteiger partial charge in [0.2, 0.25) is 11.8 Å². The molecule has 0 aliphatic rings. The number of methoxy groups -OCH3 is 2. The van der Waals surface area contributed by atoms with Gasteiger partial charge in [-0.05, 0) is 42.5 Å². The predicted octanol–water partition coefficient (Wildman–Crippen LogP) is 5.70. The third-order valence-electron chi connectivity index (χ3n) is 3.64. The molecule has 0 bridgehead atoms. The molecule has 2 aromatic carbocycles. The third-order valence-corrected chi connectivity index (χ3v) is 3.64. The molecule has 1 aromatic heterocycles. The molecule has 146 valence electrons. The highest BCUT2D eigenvalue weighted by molar-refractivity contribution is 5.40. The summed E-state index contributed by atoms with van der Waals surface area (Å²) in [7, 11) is 2.99. The van der Waals surface area contributed by atoms with Crippen molar-refractivity contribution in [2.24, 2.45) is 0 Å². The number of alkyl halides is 3. The van der Waals surface area contributed by atoms with E-state index < -0.39 is 11.7 Å². The van der Waals surface area contributed by atoms with Crippen molar-refractivity contribution < 1.29 is 32.1 Å². The smallest absolute Gasteiger partial charge is 0.416 e. The first-order valence-electron chi connectivity index (χ1n) is 8.10. The molecule has 0 unspecified atom stereocenters. The highest BCUT2D eigenvalue weighted by atomic mass is 19.4. The number of rotatable bonds is 6. The van der Waals surface area contributed by atoms with Gasteiger partial charge >= 0.3 is 6.18 Å². The molecule has 0 aliphatic carbocycles. The molecule has 3 aromatic rings. The fraction of sp³-hybridized carbons (Fsp3) is 0.150. The van der Waals surface area contributed by atoms with Crippen LogP contribution in [0.4, 0.5) is 13.2 Å². The number of hydrogen-bond acceptors (Lipinski definition) is 5. The Balaban J connectivity index is 1.72. The van der Waals surface area contributed by atoms with Crippen molar-refractivity contribution >= 4 is 0 Å². The highest BCUT2D eigenvalue weighted by Gasteiger charge is 2.30. The summed E-state index contributed by atoms with van der Waals surface area (Å²) in [5.41, 5.74) is -0.775. The summed E-state index contributed by atoms with van der Waals surface area (Å²) in [5, 5.41) is 0. The number of nitrogens with zero attached hydrogens (tertiary/aromatic N) is 1. The van der Waals surface area contributed by atoms with Crippen molar-refractivity contribution in [2.75, 3.05) is 14.2 Å². The number of hydrogen-bond donors (Lipinski definition) is 0. The largest absolute Gasteiger partial charge is 0.496 e. The molecule has 0 N–H and O–H groups in total. The first-order valence-corrected chi connectivity index (χ1v) is 8.10. The maximum Gasteiger partial charge on any atom is 0.416 e. The molecule has 3 rings (SSSR count). The summed E-state index contributed by atoms with van der Waals surface area (Å²) < 4.78 is 59.7. The van der Waals surface area contributed by atoms with Crippen LogP contribution in [0.25, 0.3) is 0 Å². The first kappa shape index (κ1) is 19.3. The summed E-state index contributed by atoms with van der Waals surface area (Å²) in [5.74, 6) is 2.03. The lowest BCUT2D eigenvalue weighted by Crippen LogP contribution is -2.04. The monoisotopic (exact) mass is 391 g/mol. The van der Waals surface area contributed by atoms with Crippen LogP contribution in [0.3, 0.4) is 0 Å². The minimum absolute atomic E-state index is 0.0858. The molecule has 0 amide bonds. The normalized spacial score (nSPS) is 11.0. The van der Waals surface area contributed by atoms with Gasteiger partial charge in [0, 0.05) is 12.1 Å². The average Bonchev–Trinajstić information content (AvgIpc) is 2.68. The van der Waals surface area contributed by atoms with Crippen molar-refractivity contribution in [2.45, 2.75) is 6.18 Å². The number of benzene rings is 2. The molecule has 0 spiro atoms. The second-order valence-corrected chi connectivity index (χ2v) is 5.59. The Morgan fingerprint density at radius 3 is 1.93 bits per heavy atom. The van der Waals surface area contributed by atoms with Gasteiger partial charge in [0.1, 0.15) is 23.0 Å². The van der Waals surface area contributed by atoms with Crippen molar-refractivity contribution in [3.8, 4) is 34.8 Å². The predicted molar refractivity (Wildman–Crippen MR) is 95.4 cm³/mol. The van der Waals surface area contributed by atoms with E-state index in [9.17, 15) is 13.2 Å². The van der Waals surface area contributed by atoms with E-state index in [2.05, 4.69) is 4.98 Å². The Morgan fingerprint density at radius 2 is 1.32 bits per heavy atom. The summed E-state index contributed by atoms with van der Waals surface area (Å²) in [6.45, 7) is 0. The van der Waals surface area contributed by atoms with Crippen LogP contribution in [0.15, 0.2) is 60.7 Å². The van der Waals surface area contributed by atoms with Crippen molar-refractivity contribution in [3.05, 3.63) is 66.2 Å². The lowest BCUT2D eigenvalue weighted by molar-refractivity contribution is -0.137. The molecule has 0 aliphatic heterocycles. The quantitative estimate of drug-likeness (QED) is 0.539. The molecule has 0 fully saturated rings. The maximum atomic E-state index is 12.8. The summed E-state index contributed by atoms with van der Waals surface area (Å²) >= 11 is 0. The van der Waals surface area contributed by atoms with E-state index in [1.807, 2.05) is 0 Å². The third kappa shape index (κ3) is 4.85. The number of aromatic nitrogens is 1. The van der Waals surface area contributed by atoms with Gasteiger partial charge in [-0.3, -0.25) is 0 Å². The molecule has 0 saturated carbocycles. The standard InChI is InChI=1S/C20H16F3NO4/c1-25-17-11-18(26-2)24-19(12-17)28-15-8-6-14(7-9-15)27-16-5-3-4-13(10-16)20(21,22)23/h3-12H,1-2H3. The summed E-state index contributed by atoms with van der Waals surface area (Å²) in [6.07, 6.45) is -4.43. The first-order chi connectivity index (χ1) is 13.4. The number of ether oxygens (including phenoxy) is 4. The van der Waals surface area contributed by atoms with E-state index >= 15 is 0 Å². The summed E-state index contributed by atoms with van der Waals surface area (Å²) in [6, 6.07) is 14.2. The van der Waals surface area contributed by atoms with Gasteiger partial charge in [-0.2, -0.15) is 18.2 Å². The van der Waals surface area contributed by atoms with E-state index in [1.165, 1.54) is 26.4 Å². The van der Waals surface area contributed by atoms with Gasteiger partial charge in [-0.15, -0.1) is 0 Å². The number of pyridine rings is 1. The van der Waals surface area contributed by atoms with Crippen LogP contribution in [-0.4, -0.2) is 19.2 Å². The zero-order valence-corrected chi connectivity index (χ0v) is 15.0. The molecular formula is C20H16F3NO4. The highest BCUT2D eigenvalue weighted by Crippen LogP contribution is 2.33. The SMILES string of the molecule is COc1cc(OC)nc(Oc2ccc(Oc3cccc(C(F)(F)F)c3)cc2)c1. The molecule has 0 radical (unpaired) electrons. The van der Waals surface area contributed by atoms with Crippen LogP contribution in [0.1, 0.15) is 5.56 Å². The number of halogens is 3. The van der Waals surface area contributed by atoms with Gasteiger partial charge in [-0.25, -0.2) is 0 Å². The molecule has 0 saturated heterocycles. The van der Waals surface area contributed by atoms with E-state index in [1.54, 1.807) is 36.4 Å². The minimum atomic E-state index is -4.43. The minimum Gasteiger partial charge on any atom is -0.496 e. The Kier molecular flexibility index (Phi) is 5.58. The van der Waals surface area contributed by atoms with Crippen molar-refractivity contribution in [3.63, 3.8) is 0 Å².